The van der Waals surface area contributed by atoms with Crippen molar-refractivity contribution in [1.29, 1.82) is 0 Å². The van der Waals surface area contributed by atoms with Crippen molar-refractivity contribution in [2.75, 3.05) is 0 Å². The van der Waals surface area contributed by atoms with Crippen LogP contribution in [0.2, 0.25) is 0 Å². The lowest BCUT2D eigenvalue weighted by Crippen LogP contribution is -2.30. The zero-order valence-corrected chi connectivity index (χ0v) is 17.8. The fourth-order valence-corrected chi connectivity index (χ4v) is 4.17. The molecule has 3 heterocycles. The molecule has 1 amide bonds. The van der Waals surface area contributed by atoms with E-state index in [4.69, 9.17) is 0 Å². The van der Waals surface area contributed by atoms with Gasteiger partial charge in [-0.2, -0.15) is 5.10 Å². The summed E-state index contributed by atoms with van der Waals surface area (Å²) in [6, 6.07) is 25.0. The average Bonchev–Trinajstić information content (AvgIpc) is 3.54. The van der Waals surface area contributed by atoms with Gasteiger partial charge in [-0.3, -0.25) is 9.78 Å². The van der Waals surface area contributed by atoms with Crippen molar-refractivity contribution < 1.29 is 4.79 Å². The lowest BCUT2D eigenvalue weighted by molar-refractivity contribution is 0.0938. The quantitative estimate of drug-likeness (QED) is 0.410. The van der Waals surface area contributed by atoms with Crippen LogP contribution in [0.15, 0.2) is 103 Å². The summed E-state index contributed by atoms with van der Waals surface area (Å²) in [6.45, 7) is 0. The molecule has 5 rings (SSSR count). The Morgan fingerprint density at radius 1 is 0.938 bits per heavy atom. The molecule has 0 aliphatic carbocycles. The van der Waals surface area contributed by atoms with Crippen LogP contribution >= 0.6 is 11.3 Å². The summed E-state index contributed by atoms with van der Waals surface area (Å²) in [7, 11) is 0. The van der Waals surface area contributed by atoms with Crippen molar-refractivity contribution in [1.82, 2.24) is 25.1 Å². The highest BCUT2D eigenvalue weighted by Crippen LogP contribution is 2.25. The number of nitrogens with zero attached hydrogens (tertiary/aromatic N) is 4. The van der Waals surface area contributed by atoms with E-state index < -0.39 is 0 Å². The first-order valence-electron chi connectivity index (χ1n) is 10.1. The van der Waals surface area contributed by atoms with Crippen LogP contribution in [0, 0.1) is 0 Å². The van der Waals surface area contributed by atoms with E-state index in [1.54, 1.807) is 22.5 Å². The zero-order valence-electron chi connectivity index (χ0n) is 17.0. The van der Waals surface area contributed by atoms with Gasteiger partial charge in [0.25, 0.3) is 5.91 Å². The predicted molar refractivity (Wildman–Crippen MR) is 125 cm³/mol. The van der Waals surface area contributed by atoms with E-state index in [2.05, 4.69) is 20.4 Å². The Balaban J connectivity index is 1.38. The van der Waals surface area contributed by atoms with Gasteiger partial charge >= 0.3 is 0 Å². The summed E-state index contributed by atoms with van der Waals surface area (Å²) in [4.78, 5) is 22.1. The number of rotatable bonds is 6. The Kier molecular flexibility index (Phi) is 5.55. The Bertz CT molecular complexity index is 1280. The molecule has 1 unspecified atom stereocenters. The molecule has 0 saturated carbocycles. The number of carbonyl (C=O) groups is 1. The maximum absolute atomic E-state index is 13.1. The minimum absolute atomic E-state index is 0.248. The first-order chi connectivity index (χ1) is 15.8. The highest BCUT2D eigenvalue weighted by atomic mass is 32.1. The first-order valence-corrected chi connectivity index (χ1v) is 11.0. The Morgan fingerprint density at radius 2 is 1.69 bits per heavy atom. The van der Waals surface area contributed by atoms with Crippen molar-refractivity contribution in [2.45, 2.75) is 6.04 Å². The second-order valence-corrected chi connectivity index (χ2v) is 7.98. The second-order valence-electron chi connectivity index (χ2n) is 7.12. The number of aromatic nitrogens is 4. The molecule has 3 aromatic heterocycles. The molecule has 5 aromatic rings. The SMILES string of the molecule is O=C(NC(c1ccccc1)c1ccccn1)c1csc(-c2cnn(-c3ccccc3)c2)n1. The predicted octanol–water partition coefficient (Wildman–Crippen LogP) is 4.91. The fourth-order valence-electron chi connectivity index (χ4n) is 3.39. The van der Waals surface area contributed by atoms with E-state index >= 15 is 0 Å². The molecule has 156 valence electrons. The van der Waals surface area contributed by atoms with Crippen LogP contribution in [0.25, 0.3) is 16.3 Å². The van der Waals surface area contributed by atoms with Crippen LogP contribution in [0.4, 0.5) is 0 Å². The molecule has 32 heavy (non-hydrogen) atoms. The van der Waals surface area contributed by atoms with Crippen LogP contribution in [-0.4, -0.2) is 25.7 Å². The van der Waals surface area contributed by atoms with Crippen LogP contribution in [0.5, 0.6) is 0 Å². The molecule has 0 radical (unpaired) electrons. The van der Waals surface area contributed by atoms with E-state index in [-0.39, 0.29) is 11.9 Å². The summed E-state index contributed by atoms with van der Waals surface area (Å²) < 4.78 is 1.79. The molecular formula is C25H19N5OS. The maximum Gasteiger partial charge on any atom is 0.271 e. The van der Waals surface area contributed by atoms with Crippen molar-refractivity contribution >= 4 is 17.2 Å². The van der Waals surface area contributed by atoms with E-state index in [0.29, 0.717) is 5.69 Å². The van der Waals surface area contributed by atoms with E-state index in [1.165, 1.54) is 11.3 Å². The Hall–Kier alpha value is -4.10. The van der Waals surface area contributed by atoms with E-state index in [1.807, 2.05) is 85.1 Å². The monoisotopic (exact) mass is 437 g/mol. The molecule has 0 aliphatic rings. The number of benzene rings is 2. The minimum Gasteiger partial charge on any atom is -0.338 e. The third kappa shape index (κ3) is 4.19. The minimum atomic E-state index is -0.365. The third-order valence-corrected chi connectivity index (χ3v) is 5.87. The molecule has 7 heteroatoms. The number of amides is 1. The van der Waals surface area contributed by atoms with E-state index in [9.17, 15) is 4.79 Å². The molecule has 1 atom stereocenters. The van der Waals surface area contributed by atoms with Gasteiger partial charge in [-0.05, 0) is 29.8 Å². The standard InChI is InChI=1S/C25H19N5OS/c31-24(29-23(18-9-3-1-4-10-18)21-13-7-8-14-26-21)22-17-32-25(28-22)19-15-27-30(16-19)20-11-5-2-6-12-20/h1-17,23H,(H,29,31). The van der Waals surface area contributed by atoms with Crippen molar-refractivity contribution in [3.63, 3.8) is 0 Å². The van der Waals surface area contributed by atoms with Crippen LogP contribution in [0.1, 0.15) is 27.8 Å². The molecule has 6 nitrogen and oxygen atoms in total. The molecule has 0 spiro atoms. The summed E-state index contributed by atoms with van der Waals surface area (Å²) >= 11 is 1.42. The third-order valence-electron chi connectivity index (χ3n) is 4.98. The van der Waals surface area contributed by atoms with Crippen LogP contribution in [-0.2, 0) is 0 Å². The topological polar surface area (TPSA) is 72.7 Å². The molecule has 0 saturated heterocycles. The normalized spacial score (nSPS) is 11.8. The number of carbonyl (C=O) groups excluding carboxylic acids is 1. The largest absolute Gasteiger partial charge is 0.338 e. The molecule has 0 fully saturated rings. The van der Waals surface area contributed by atoms with Crippen LogP contribution in [0.3, 0.4) is 0 Å². The van der Waals surface area contributed by atoms with Gasteiger partial charge in [0, 0.05) is 23.3 Å². The number of para-hydroxylation sites is 1. The lowest BCUT2D eigenvalue weighted by atomic mass is 10.0. The molecule has 2 aromatic carbocycles. The van der Waals surface area contributed by atoms with Gasteiger partial charge < -0.3 is 5.32 Å². The number of hydrogen-bond donors (Lipinski definition) is 1. The number of hydrogen-bond acceptors (Lipinski definition) is 5. The zero-order chi connectivity index (χ0) is 21.8. The fraction of sp³-hybridized carbons (Fsp3) is 0.0400. The van der Waals surface area contributed by atoms with Gasteiger partial charge in [-0.1, -0.05) is 54.6 Å². The van der Waals surface area contributed by atoms with Gasteiger partial charge in [-0.15, -0.1) is 11.3 Å². The van der Waals surface area contributed by atoms with Gasteiger partial charge in [-0.25, -0.2) is 9.67 Å². The van der Waals surface area contributed by atoms with Gasteiger partial charge in [0.2, 0.25) is 0 Å². The van der Waals surface area contributed by atoms with Crippen molar-refractivity contribution in [2.24, 2.45) is 0 Å². The summed E-state index contributed by atoms with van der Waals surface area (Å²) in [5, 5.41) is 10.0. The highest BCUT2D eigenvalue weighted by molar-refractivity contribution is 7.13. The number of pyridine rings is 1. The summed E-state index contributed by atoms with van der Waals surface area (Å²) in [5.74, 6) is -0.248. The molecule has 1 N–H and O–H groups in total. The van der Waals surface area contributed by atoms with Crippen molar-refractivity contribution in [3.05, 3.63) is 120 Å². The average molecular weight is 438 g/mol. The Labute approximate surface area is 189 Å². The van der Waals surface area contributed by atoms with E-state index in [0.717, 1.165) is 27.5 Å². The number of thiazole rings is 1. The molecule has 0 bridgehead atoms. The molecule has 0 aliphatic heterocycles. The second kappa shape index (κ2) is 8.95. The van der Waals surface area contributed by atoms with Gasteiger partial charge in [0.1, 0.15) is 10.7 Å². The Morgan fingerprint density at radius 3 is 2.44 bits per heavy atom. The first kappa shape index (κ1) is 19.8. The summed E-state index contributed by atoms with van der Waals surface area (Å²) in [6.07, 6.45) is 5.40. The van der Waals surface area contributed by atoms with Crippen LogP contribution < -0.4 is 5.32 Å². The maximum atomic E-state index is 13.1. The highest BCUT2D eigenvalue weighted by Gasteiger charge is 2.21. The molecular weight excluding hydrogens is 418 g/mol. The van der Waals surface area contributed by atoms with Gasteiger partial charge in [0.05, 0.1) is 23.6 Å². The van der Waals surface area contributed by atoms with Crippen molar-refractivity contribution in [3.8, 4) is 16.3 Å². The lowest BCUT2D eigenvalue weighted by Gasteiger charge is -2.18. The summed E-state index contributed by atoms with van der Waals surface area (Å²) in [5.41, 5.74) is 3.93. The smallest absolute Gasteiger partial charge is 0.271 e. The number of nitrogens with one attached hydrogen (secondary N) is 1. The van der Waals surface area contributed by atoms with Gasteiger partial charge in [0.15, 0.2) is 0 Å².